The highest BCUT2D eigenvalue weighted by Gasteiger charge is 2.11. The van der Waals surface area contributed by atoms with Gasteiger partial charge in [0, 0.05) is 29.1 Å². The minimum Gasteiger partial charge on any atom is -0.353 e. The summed E-state index contributed by atoms with van der Waals surface area (Å²) < 4.78 is 1.24. The van der Waals surface area contributed by atoms with Crippen molar-refractivity contribution in [1.29, 1.82) is 0 Å². The van der Waals surface area contributed by atoms with Gasteiger partial charge in [-0.1, -0.05) is 18.2 Å². The van der Waals surface area contributed by atoms with Gasteiger partial charge in [0.2, 0.25) is 0 Å². The van der Waals surface area contributed by atoms with E-state index in [0.717, 1.165) is 10.9 Å². The number of aromatic amines is 1. The third-order valence-electron chi connectivity index (χ3n) is 3.69. The van der Waals surface area contributed by atoms with E-state index < -0.39 is 4.92 Å². The second-order valence-corrected chi connectivity index (χ2v) is 5.10. The fourth-order valence-electron chi connectivity index (χ4n) is 2.59. The minimum atomic E-state index is -0.483. The molecule has 2 aromatic heterocycles. The number of nitro groups is 1. The molecule has 112 valence electrons. The van der Waals surface area contributed by atoms with Crippen molar-refractivity contribution in [3.05, 3.63) is 75.1 Å². The Morgan fingerprint density at radius 1 is 1.04 bits per heavy atom. The van der Waals surface area contributed by atoms with Gasteiger partial charge in [-0.25, -0.2) is 0 Å². The highest BCUT2D eigenvalue weighted by Crippen LogP contribution is 2.22. The van der Waals surface area contributed by atoms with Gasteiger partial charge in [0.25, 0.3) is 11.2 Å². The molecule has 2 heterocycles. The molecule has 1 N–H and O–H groups in total. The average Bonchev–Trinajstić information content (AvgIpc) is 2.91. The second kappa shape index (κ2) is 4.77. The number of nitrogens with zero attached hydrogens (tertiary/aromatic N) is 3. The maximum absolute atomic E-state index is 12.3. The van der Waals surface area contributed by atoms with Gasteiger partial charge >= 0.3 is 0 Å². The first-order valence-corrected chi connectivity index (χ1v) is 6.89. The molecular weight excluding hydrogens is 296 g/mol. The van der Waals surface area contributed by atoms with Crippen molar-refractivity contribution in [2.75, 3.05) is 0 Å². The zero-order valence-corrected chi connectivity index (χ0v) is 11.8. The van der Waals surface area contributed by atoms with Crippen LogP contribution in [0.15, 0.2) is 59.4 Å². The van der Waals surface area contributed by atoms with Gasteiger partial charge in [0.15, 0.2) is 0 Å². The van der Waals surface area contributed by atoms with Gasteiger partial charge in [-0.3, -0.25) is 14.9 Å². The van der Waals surface area contributed by atoms with Gasteiger partial charge < -0.3 is 4.98 Å². The molecule has 0 fully saturated rings. The number of hydrogen-bond acceptors (Lipinski definition) is 4. The number of nitro benzene ring substituents is 1. The van der Waals surface area contributed by atoms with Crippen LogP contribution in [0.4, 0.5) is 5.69 Å². The Balaban J connectivity index is 1.95. The maximum Gasteiger partial charge on any atom is 0.273 e. The molecule has 0 bridgehead atoms. The molecule has 0 aliphatic rings. The summed E-state index contributed by atoms with van der Waals surface area (Å²) in [5.74, 6) is 0. The molecule has 7 heteroatoms. The first kappa shape index (κ1) is 13.2. The van der Waals surface area contributed by atoms with E-state index in [2.05, 4.69) is 10.1 Å². The Morgan fingerprint density at radius 2 is 1.78 bits per heavy atom. The number of non-ortho nitro benzene ring substituents is 1. The van der Waals surface area contributed by atoms with Crippen LogP contribution in [0.2, 0.25) is 0 Å². The summed E-state index contributed by atoms with van der Waals surface area (Å²) in [6.07, 6.45) is 0. The summed E-state index contributed by atoms with van der Waals surface area (Å²) in [5.41, 5.74) is 2.38. The molecule has 2 aromatic carbocycles. The fraction of sp³-hybridized carbons (Fsp3) is 0. The summed E-state index contributed by atoms with van der Waals surface area (Å²) in [6, 6.07) is 14.8. The first-order chi connectivity index (χ1) is 11.1. The number of fused-ring (bicyclic) bond motifs is 3. The number of para-hydroxylation sites is 1. The van der Waals surface area contributed by atoms with E-state index in [4.69, 9.17) is 0 Å². The van der Waals surface area contributed by atoms with Gasteiger partial charge in [-0.2, -0.15) is 9.78 Å². The molecule has 4 aromatic rings. The third-order valence-corrected chi connectivity index (χ3v) is 3.69. The van der Waals surface area contributed by atoms with E-state index in [1.54, 1.807) is 0 Å². The van der Waals surface area contributed by atoms with E-state index in [1.165, 1.54) is 35.0 Å². The quantitative estimate of drug-likeness (QED) is 0.455. The van der Waals surface area contributed by atoms with Crippen LogP contribution in [0.3, 0.4) is 0 Å². The number of H-pyrrole nitrogens is 1. The summed E-state index contributed by atoms with van der Waals surface area (Å²) in [6.45, 7) is 0. The monoisotopic (exact) mass is 306 g/mol. The standard InChI is InChI=1S/C16H10N4O3/c21-15-9-14-16(12-3-1-2-4-13(12)17-14)18-19(15)10-5-7-11(8-6-10)20(22)23/h1-9,17H. The Labute approximate surface area is 128 Å². The number of aromatic nitrogens is 3. The molecule has 0 atom stereocenters. The summed E-state index contributed by atoms with van der Waals surface area (Å²) >= 11 is 0. The first-order valence-electron chi connectivity index (χ1n) is 6.89. The van der Waals surface area contributed by atoms with Crippen LogP contribution in [0.25, 0.3) is 27.6 Å². The van der Waals surface area contributed by atoms with Crippen LogP contribution in [0.1, 0.15) is 0 Å². The van der Waals surface area contributed by atoms with Gasteiger partial charge in [0.1, 0.15) is 5.52 Å². The SMILES string of the molecule is O=c1cc2[nH]c3ccccc3c2nn1-c1ccc([N+](=O)[O-])cc1. The lowest BCUT2D eigenvalue weighted by atomic mass is 10.2. The summed E-state index contributed by atoms with van der Waals surface area (Å²) in [5, 5.41) is 16.0. The van der Waals surface area contributed by atoms with Crippen LogP contribution in [-0.2, 0) is 0 Å². The Kier molecular flexibility index (Phi) is 2.74. The number of hydrogen-bond donors (Lipinski definition) is 1. The lowest BCUT2D eigenvalue weighted by Crippen LogP contribution is -2.19. The molecule has 0 aliphatic heterocycles. The molecular formula is C16H10N4O3. The van der Waals surface area contributed by atoms with E-state index in [-0.39, 0.29) is 11.2 Å². The molecule has 0 saturated carbocycles. The summed E-state index contributed by atoms with van der Waals surface area (Å²) in [4.78, 5) is 25.7. The number of rotatable bonds is 2. The minimum absolute atomic E-state index is 0.0324. The van der Waals surface area contributed by atoms with Crippen LogP contribution in [-0.4, -0.2) is 19.7 Å². The normalized spacial score (nSPS) is 11.1. The molecule has 7 nitrogen and oxygen atoms in total. The van der Waals surface area contributed by atoms with Crippen LogP contribution in [0, 0.1) is 10.1 Å². The van der Waals surface area contributed by atoms with Gasteiger partial charge in [-0.15, -0.1) is 0 Å². The Bertz CT molecular complexity index is 1110. The van der Waals surface area contributed by atoms with E-state index >= 15 is 0 Å². The lowest BCUT2D eigenvalue weighted by Gasteiger charge is -2.04. The van der Waals surface area contributed by atoms with E-state index in [1.807, 2.05) is 24.3 Å². The Hall–Kier alpha value is -3.48. The highest BCUT2D eigenvalue weighted by molar-refractivity contribution is 6.04. The number of nitrogens with one attached hydrogen (secondary N) is 1. The maximum atomic E-state index is 12.3. The van der Waals surface area contributed by atoms with Gasteiger partial charge in [-0.05, 0) is 18.2 Å². The molecule has 0 spiro atoms. The predicted molar refractivity (Wildman–Crippen MR) is 85.9 cm³/mol. The summed E-state index contributed by atoms with van der Waals surface area (Å²) in [7, 11) is 0. The second-order valence-electron chi connectivity index (χ2n) is 5.10. The molecule has 4 rings (SSSR count). The van der Waals surface area contributed by atoms with Crippen molar-refractivity contribution in [2.45, 2.75) is 0 Å². The van der Waals surface area contributed by atoms with Crippen LogP contribution >= 0.6 is 0 Å². The van der Waals surface area contributed by atoms with Crippen LogP contribution in [0.5, 0.6) is 0 Å². The molecule has 23 heavy (non-hydrogen) atoms. The molecule has 0 saturated heterocycles. The van der Waals surface area contributed by atoms with E-state index in [9.17, 15) is 14.9 Å². The van der Waals surface area contributed by atoms with Crippen molar-refractivity contribution in [3.8, 4) is 5.69 Å². The molecule has 0 radical (unpaired) electrons. The van der Waals surface area contributed by atoms with Crippen molar-refractivity contribution < 1.29 is 4.92 Å². The third kappa shape index (κ3) is 2.06. The number of benzene rings is 2. The van der Waals surface area contributed by atoms with Crippen molar-refractivity contribution in [1.82, 2.24) is 14.8 Å². The highest BCUT2D eigenvalue weighted by atomic mass is 16.6. The smallest absolute Gasteiger partial charge is 0.273 e. The van der Waals surface area contributed by atoms with Crippen LogP contribution < -0.4 is 5.56 Å². The lowest BCUT2D eigenvalue weighted by molar-refractivity contribution is -0.384. The largest absolute Gasteiger partial charge is 0.353 e. The average molecular weight is 306 g/mol. The zero-order chi connectivity index (χ0) is 16.0. The zero-order valence-electron chi connectivity index (χ0n) is 11.8. The van der Waals surface area contributed by atoms with Crippen molar-refractivity contribution in [2.24, 2.45) is 0 Å². The molecule has 0 unspecified atom stereocenters. The molecule has 0 aliphatic carbocycles. The van der Waals surface area contributed by atoms with E-state index in [0.29, 0.717) is 16.7 Å². The van der Waals surface area contributed by atoms with Gasteiger partial charge in [0.05, 0.1) is 16.1 Å². The van der Waals surface area contributed by atoms with Crippen molar-refractivity contribution in [3.63, 3.8) is 0 Å². The fourth-order valence-corrected chi connectivity index (χ4v) is 2.59. The predicted octanol–water partition coefficient (Wildman–Crippen LogP) is 2.78. The van der Waals surface area contributed by atoms with Crippen molar-refractivity contribution >= 4 is 27.6 Å². The molecule has 0 amide bonds. The topological polar surface area (TPSA) is 93.8 Å². The Morgan fingerprint density at radius 3 is 2.52 bits per heavy atom.